The van der Waals surface area contributed by atoms with E-state index in [-0.39, 0.29) is 13.1 Å². The number of carboxylic acid groups (broad SMARTS) is 1. The second kappa shape index (κ2) is 5.44. The van der Waals surface area contributed by atoms with E-state index in [0.717, 1.165) is 5.56 Å². The lowest BCUT2D eigenvalue weighted by molar-refractivity contribution is -0.144. The van der Waals surface area contributed by atoms with Gasteiger partial charge < -0.3 is 5.11 Å². The zero-order valence-corrected chi connectivity index (χ0v) is 9.80. The van der Waals surface area contributed by atoms with E-state index < -0.39 is 24.2 Å². The molecule has 2 rings (SSSR count). The Morgan fingerprint density at radius 1 is 1.33 bits per heavy atom. The van der Waals surface area contributed by atoms with Crippen LogP contribution in [0.4, 0.5) is 8.78 Å². The number of alkyl halides is 2. The summed E-state index contributed by atoms with van der Waals surface area (Å²) in [5.41, 5.74) is 1.01. The molecule has 0 bridgehead atoms. The van der Waals surface area contributed by atoms with Crippen molar-refractivity contribution in [1.82, 2.24) is 4.90 Å². The molecule has 18 heavy (non-hydrogen) atoms. The molecule has 0 radical (unpaired) electrons. The largest absolute Gasteiger partial charge is 0.481 e. The van der Waals surface area contributed by atoms with Crippen molar-refractivity contribution in [1.29, 1.82) is 0 Å². The van der Waals surface area contributed by atoms with Gasteiger partial charge in [0.25, 0.3) is 0 Å². The molecule has 1 N–H and O–H groups in total. The van der Waals surface area contributed by atoms with Gasteiger partial charge in [0.05, 0.1) is 5.92 Å². The summed E-state index contributed by atoms with van der Waals surface area (Å²) in [4.78, 5) is 12.7. The number of hydrogen-bond acceptors (Lipinski definition) is 2. The Kier molecular flexibility index (Phi) is 3.91. The van der Waals surface area contributed by atoms with Gasteiger partial charge in [-0.2, -0.15) is 0 Å². The summed E-state index contributed by atoms with van der Waals surface area (Å²) in [6.45, 7) is 0.858. The van der Waals surface area contributed by atoms with Crippen LogP contribution in [0.3, 0.4) is 0 Å². The van der Waals surface area contributed by atoms with E-state index in [1.54, 1.807) is 4.90 Å². The molecule has 1 saturated heterocycles. The Morgan fingerprint density at radius 3 is 2.50 bits per heavy atom. The highest BCUT2D eigenvalue weighted by molar-refractivity contribution is 5.71. The summed E-state index contributed by atoms with van der Waals surface area (Å²) in [6, 6.07) is 9.46. The van der Waals surface area contributed by atoms with Crippen molar-refractivity contribution >= 4 is 5.97 Å². The minimum Gasteiger partial charge on any atom is -0.481 e. The first-order valence-electron chi connectivity index (χ1n) is 5.85. The lowest BCUT2D eigenvalue weighted by Crippen LogP contribution is -2.27. The zero-order valence-electron chi connectivity index (χ0n) is 9.80. The standard InChI is InChI=1S/C13H15F2NO2/c14-12(15)10-7-16(8-11(10)13(17)18)6-9-4-2-1-3-5-9/h1-5,10-12H,6-8H2,(H,17,18)/t10-,11+/m1/s1. The van der Waals surface area contributed by atoms with Crippen molar-refractivity contribution in [2.45, 2.75) is 13.0 Å². The van der Waals surface area contributed by atoms with Gasteiger partial charge in [0.15, 0.2) is 0 Å². The average Bonchev–Trinajstić information content (AvgIpc) is 2.74. The van der Waals surface area contributed by atoms with E-state index in [1.807, 2.05) is 30.3 Å². The van der Waals surface area contributed by atoms with Crippen LogP contribution in [-0.4, -0.2) is 35.5 Å². The highest BCUT2D eigenvalue weighted by atomic mass is 19.3. The van der Waals surface area contributed by atoms with Crippen LogP contribution >= 0.6 is 0 Å². The Hall–Kier alpha value is -1.49. The lowest BCUT2D eigenvalue weighted by atomic mass is 9.97. The molecule has 0 amide bonds. The van der Waals surface area contributed by atoms with E-state index in [0.29, 0.717) is 6.54 Å². The van der Waals surface area contributed by atoms with Gasteiger partial charge in [-0.1, -0.05) is 30.3 Å². The Bertz CT molecular complexity index is 411. The minimum atomic E-state index is -2.58. The first kappa shape index (κ1) is 13.0. The van der Waals surface area contributed by atoms with Crippen molar-refractivity contribution in [3.05, 3.63) is 35.9 Å². The van der Waals surface area contributed by atoms with E-state index in [1.165, 1.54) is 0 Å². The van der Waals surface area contributed by atoms with E-state index in [2.05, 4.69) is 0 Å². The van der Waals surface area contributed by atoms with Crippen LogP contribution in [0.15, 0.2) is 30.3 Å². The second-order valence-corrected chi connectivity index (χ2v) is 4.62. The van der Waals surface area contributed by atoms with Gasteiger partial charge in [-0.3, -0.25) is 9.69 Å². The molecule has 1 aliphatic rings. The van der Waals surface area contributed by atoms with Gasteiger partial charge >= 0.3 is 5.97 Å². The Balaban J connectivity index is 2.03. The van der Waals surface area contributed by atoms with E-state index >= 15 is 0 Å². The quantitative estimate of drug-likeness (QED) is 0.895. The highest BCUT2D eigenvalue weighted by Gasteiger charge is 2.42. The average molecular weight is 255 g/mol. The van der Waals surface area contributed by atoms with Crippen LogP contribution in [0.1, 0.15) is 5.56 Å². The van der Waals surface area contributed by atoms with Crippen molar-refractivity contribution in [3.63, 3.8) is 0 Å². The maximum atomic E-state index is 12.8. The number of rotatable bonds is 4. The minimum absolute atomic E-state index is 0.142. The molecule has 1 aromatic rings. The number of nitrogens with zero attached hydrogens (tertiary/aromatic N) is 1. The summed E-state index contributed by atoms with van der Waals surface area (Å²) in [5, 5.41) is 8.96. The number of benzene rings is 1. The van der Waals surface area contributed by atoms with Crippen LogP contribution in [-0.2, 0) is 11.3 Å². The molecule has 0 aliphatic carbocycles. The van der Waals surface area contributed by atoms with Gasteiger partial charge in [0, 0.05) is 25.6 Å². The van der Waals surface area contributed by atoms with E-state index in [4.69, 9.17) is 5.11 Å². The Labute approximate surface area is 104 Å². The zero-order chi connectivity index (χ0) is 13.1. The summed E-state index contributed by atoms with van der Waals surface area (Å²) in [7, 11) is 0. The molecule has 1 aliphatic heterocycles. The predicted octanol–water partition coefficient (Wildman–Crippen LogP) is 2.08. The van der Waals surface area contributed by atoms with Gasteiger partial charge in [0.1, 0.15) is 0 Å². The maximum Gasteiger partial charge on any atom is 0.308 e. The van der Waals surface area contributed by atoms with Crippen molar-refractivity contribution in [2.24, 2.45) is 11.8 Å². The topological polar surface area (TPSA) is 40.5 Å². The SMILES string of the molecule is O=C(O)[C@H]1CN(Cc2ccccc2)C[C@H]1C(F)F. The van der Waals surface area contributed by atoms with Crippen LogP contribution in [0, 0.1) is 11.8 Å². The summed E-state index contributed by atoms with van der Waals surface area (Å²) < 4.78 is 25.5. The van der Waals surface area contributed by atoms with Crippen molar-refractivity contribution in [3.8, 4) is 0 Å². The van der Waals surface area contributed by atoms with Crippen molar-refractivity contribution < 1.29 is 18.7 Å². The van der Waals surface area contributed by atoms with Gasteiger partial charge in [-0.05, 0) is 5.56 Å². The smallest absolute Gasteiger partial charge is 0.308 e. The molecule has 98 valence electrons. The third kappa shape index (κ3) is 2.85. The van der Waals surface area contributed by atoms with Gasteiger partial charge in [-0.25, -0.2) is 8.78 Å². The summed E-state index contributed by atoms with van der Waals surface area (Å²) in [5.74, 6) is -3.16. The number of carbonyl (C=O) groups is 1. The normalized spacial score (nSPS) is 24.6. The molecule has 2 atom stereocenters. The monoisotopic (exact) mass is 255 g/mol. The van der Waals surface area contributed by atoms with Gasteiger partial charge in [0.2, 0.25) is 6.43 Å². The number of likely N-dealkylation sites (tertiary alicyclic amines) is 1. The molecular weight excluding hydrogens is 240 g/mol. The van der Waals surface area contributed by atoms with Crippen LogP contribution in [0.5, 0.6) is 0 Å². The number of hydrogen-bond donors (Lipinski definition) is 1. The summed E-state index contributed by atoms with van der Waals surface area (Å²) >= 11 is 0. The molecule has 1 aromatic carbocycles. The number of aliphatic carboxylic acids is 1. The summed E-state index contributed by atoms with van der Waals surface area (Å²) in [6.07, 6.45) is -2.58. The fourth-order valence-electron chi connectivity index (χ4n) is 2.40. The molecule has 3 nitrogen and oxygen atoms in total. The highest BCUT2D eigenvalue weighted by Crippen LogP contribution is 2.29. The predicted molar refractivity (Wildman–Crippen MR) is 62.3 cm³/mol. The molecule has 1 heterocycles. The van der Waals surface area contributed by atoms with E-state index in [9.17, 15) is 13.6 Å². The second-order valence-electron chi connectivity index (χ2n) is 4.62. The maximum absolute atomic E-state index is 12.8. The molecule has 0 unspecified atom stereocenters. The van der Waals surface area contributed by atoms with Crippen LogP contribution in [0.25, 0.3) is 0 Å². The third-order valence-corrected chi connectivity index (χ3v) is 3.33. The molecule has 0 aromatic heterocycles. The molecular formula is C13H15F2NO2. The third-order valence-electron chi connectivity index (χ3n) is 3.33. The lowest BCUT2D eigenvalue weighted by Gasteiger charge is -2.15. The first-order valence-corrected chi connectivity index (χ1v) is 5.85. The van der Waals surface area contributed by atoms with Gasteiger partial charge in [-0.15, -0.1) is 0 Å². The van der Waals surface area contributed by atoms with Crippen molar-refractivity contribution in [2.75, 3.05) is 13.1 Å². The molecule has 5 heteroatoms. The fraction of sp³-hybridized carbons (Fsp3) is 0.462. The van der Waals surface area contributed by atoms with Crippen LogP contribution < -0.4 is 0 Å². The number of carboxylic acids is 1. The molecule has 0 saturated carbocycles. The molecule has 0 spiro atoms. The fourth-order valence-corrected chi connectivity index (χ4v) is 2.40. The first-order chi connectivity index (χ1) is 8.58. The number of halogens is 2. The molecule has 1 fully saturated rings. The Morgan fingerprint density at radius 2 is 2.00 bits per heavy atom. The van der Waals surface area contributed by atoms with Crippen LogP contribution in [0.2, 0.25) is 0 Å².